The Kier molecular flexibility index (Phi) is 6.06. The third-order valence-electron chi connectivity index (χ3n) is 3.61. The van der Waals surface area contributed by atoms with Gasteiger partial charge in [-0.25, -0.2) is 14.5 Å². The summed E-state index contributed by atoms with van der Waals surface area (Å²) >= 11 is 5.88. The highest BCUT2D eigenvalue weighted by Crippen LogP contribution is 2.18. The number of ether oxygens (including phenoxy) is 1. The summed E-state index contributed by atoms with van der Waals surface area (Å²) in [6, 6.07) is 11.8. The van der Waals surface area contributed by atoms with Gasteiger partial charge < -0.3 is 10.1 Å². The van der Waals surface area contributed by atoms with E-state index in [-0.39, 0.29) is 5.15 Å². The lowest BCUT2D eigenvalue weighted by molar-refractivity contribution is -0.151. The van der Waals surface area contributed by atoms with Gasteiger partial charge in [0.1, 0.15) is 6.33 Å². The highest BCUT2D eigenvalue weighted by atomic mass is 35.5. The Morgan fingerprint density at radius 2 is 2.00 bits per heavy atom. The molecule has 0 aliphatic rings. The number of benzene rings is 1. The molecule has 0 aliphatic heterocycles. The van der Waals surface area contributed by atoms with Gasteiger partial charge in [-0.15, -0.1) is 5.10 Å². The third-order valence-corrected chi connectivity index (χ3v) is 3.91. The number of halogens is 1. The molecule has 27 heavy (non-hydrogen) atoms. The van der Waals surface area contributed by atoms with Gasteiger partial charge in [0, 0.05) is 12.6 Å². The second-order valence-corrected chi connectivity index (χ2v) is 5.85. The van der Waals surface area contributed by atoms with E-state index < -0.39 is 24.5 Å². The summed E-state index contributed by atoms with van der Waals surface area (Å²) in [6.07, 6.45) is 3.14. The van der Waals surface area contributed by atoms with Gasteiger partial charge in [0.25, 0.3) is 5.91 Å². The maximum Gasteiger partial charge on any atom is 0.331 e. The molecular weight excluding hydrogens is 372 g/mol. The van der Waals surface area contributed by atoms with Crippen LogP contribution in [-0.2, 0) is 20.7 Å². The molecule has 3 aromatic rings. The van der Waals surface area contributed by atoms with Gasteiger partial charge in [-0.3, -0.25) is 4.79 Å². The second-order valence-electron chi connectivity index (χ2n) is 5.49. The van der Waals surface area contributed by atoms with Crippen molar-refractivity contribution in [2.45, 2.75) is 12.5 Å². The highest BCUT2D eigenvalue weighted by Gasteiger charge is 2.24. The van der Waals surface area contributed by atoms with E-state index in [1.807, 2.05) is 30.3 Å². The van der Waals surface area contributed by atoms with E-state index in [9.17, 15) is 9.59 Å². The van der Waals surface area contributed by atoms with Crippen LogP contribution in [0.25, 0.3) is 0 Å². The lowest BCUT2D eigenvalue weighted by Crippen LogP contribution is -2.28. The van der Waals surface area contributed by atoms with E-state index in [4.69, 9.17) is 16.3 Å². The van der Waals surface area contributed by atoms with Crippen molar-refractivity contribution in [3.05, 3.63) is 65.7 Å². The van der Waals surface area contributed by atoms with Gasteiger partial charge in [-0.2, -0.15) is 0 Å². The van der Waals surface area contributed by atoms with Crippen LogP contribution < -0.4 is 5.32 Å². The molecule has 9 nitrogen and oxygen atoms in total. The van der Waals surface area contributed by atoms with Crippen molar-refractivity contribution in [3.63, 3.8) is 0 Å². The fourth-order valence-electron chi connectivity index (χ4n) is 2.33. The van der Waals surface area contributed by atoms with Crippen LogP contribution in [0.4, 0.5) is 5.69 Å². The minimum Gasteiger partial charge on any atom is -0.454 e. The standard InChI is InChI=1S/C17H15ClN6O3/c18-16-13(7-4-8-19-16)21-15(25)10-27-17(26)14(24-11-20-22-23-24)9-12-5-2-1-3-6-12/h1-8,11,14H,9-10H2,(H,21,25)/t14-/m0/s1. The van der Waals surface area contributed by atoms with Gasteiger partial charge >= 0.3 is 5.97 Å². The average molecular weight is 387 g/mol. The number of amides is 1. The molecule has 0 aliphatic carbocycles. The summed E-state index contributed by atoms with van der Waals surface area (Å²) in [5, 5.41) is 13.5. The van der Waals surface area contributed by atoms with Crippen molar-refractivity contribution < 1.29 is 14.3 Å². The van der Waals surface area contributed by atoms with Crippen molar-refractivity contribution in [3.8, 4) is 0 Å². The van der Waals surface area contributed by atoms with E-state index in [1.165, 1.54) is 17.2 Å². The number of tetrazole rings is 1. The van der Waals surface area contributed by atoms with Crippen molar-refractivity contribution in [2.75, 3.05) is 11.9 Å². The normalized spacial score (nSPS) is 11.6. The Bertz CT molecular complexity index is 904. The summed E-state index contributed by atoms with van der Waals surface area (Å²) in [5.41, 5.74) is 1.24. The largest absolute Gasteiger partial charge is 0.454 e. The topological polar surface area (TPSA) is 112 Å². The molecule has 138 valence electrons. The molecule has 1 atom stereocenters. The summed E-state index contributed by atoms with van der Waals surface area (Å²) < 4.78 is 6.44. The van der Waals surface area contributed by atoms with E-state index in [2.05, 4.69) is 25.8 Å². The lowest BCUT2D eigenvalue weighted by atomic mass is 10.1. The number of hydrogen-bond donors (Lipinski definition) is 1. The lowest BCUT2D eigenvalue weighted by Gasteiger charge is -2.15. The van der Waals surface area contributed by atoms with Crippen LogP contribution in [0.3, 0.4) is 0 Å². The quantitative estimate of drug-likeness (QED) is 0.485. The number of rotatable bonds is 7. The van der Waals surface area contributed by atoms with E-state index in [0.717, 1.165) is 5.56 Å². The number of nitrogens with zero attached hydrogens (tertiary/aromatic N) is 5. The molecule has 0 radical (unpaired) electrons. The number of carbonyl (C=O) groups excluding carboxylic acids is 2. The molecule has 3 rings (SSSR count). The smallest absolute Gasteiger partial charge is 0.331 e. The first-order valence-corrected chi connectivity index (χ1v) is 8.34. The van der Waals surface area contributed by atoms with Crippen molar-refractivity contribution in [2.24, 2.45) is 0 Å². The summed E-state index contributed by atoms with van der Waals surface area (Å²) in [5.74, 6) is -1.16. The van der Waals surface area contributed by atoms with Crippen LogP contribution in [0.2, 0.25) is 5.15 Å². The molecule has 0 bridgehead atoms. The Labute approximate surface area is 159 Å². The monoisotopic (exact) mass is 386 g/mol. The molecule has 2 aromatic heterocycles. The van der Waals surface area contributed by atoms with Crippen molar-refractivity contribution in [1.29, 1.82) is 0 Å². The van der Waals surface area contributed by atoms with Crippen molar-refractivity contribution >= 4 is 29.2 Å². The first kappa shape index (κ1) is 18.5. The molecule has 0 saturated carbocycles. The maximum atomic E-state index is 12.5. The number of esters is 1. The fourth-order valence-corrected chi connectivity index (χ4v) is 2.50. The van der Waals surface area contributed by atoms with E-state index in [1.54, 1.807) is 12.1 Å². The zero-order chi connectivity index (χ0) is 19.1. The molecule has 0 spiro atoms. The number of carbonyl (C=O) groups is 2. The predicted molar refractivity (Wildman–Crippen MR) is 95.8 cm³/mol. The van der Waals surface area contributed by atoms with Gasteiger partial charge in [0.2, 0.25) is 0 Å². The highest BCUT2D eigenvalue weighted by molar-refractivity contribution is 6.32. The molecule has 1 aromatic carbocycles. The third kappa shape index (κ3) is 5.08. The maximum absolute atomic E-state index is 12.5. The first-order valence-electron chi connectivity index (χ1n) is 7.97. The van der Waals surface area contributed by atoms with Gasteiger partial charge in [0.05, 0.1) is 5.69 Å². The number of hydrogen-bond acceptors (Lipinski definition) is 7. The SMILES string of the molecule is O=C(COC(=O)[C@H](Cc1ccccc1)n1cnnn1)Nc1cccnc1Cl. The zero-order valence-electron chi connectivity index (χ0n) is 14.0. The molecule has 2 heterocycles. The minimum absolute atomic E-state index is 0.146. The molecule has 0 saturated heterocycles. The molecule has 0 unspecified atom stereocenters. The first-order chi connectivity index (χ1) is 13.1. The predicted octanol–water partition coefficient (Wildman–Crippen LogP) is 1.69. The molecular formula is C17H15ClN6O3. The van der Waals surface area contributed by atoms with Crippen LogP contribution in [0, 0.1) is 0 Å². The Morgan fingerprint density at radius 3 is 2.70 bits per heavy atom. The van der Waals surface area contributed by atoms with Crippen LogP contribution in [-0.4, -0.2) is 43.7 Å². The summed E-state index contributed by atoms with van der Waals surface area (Å²) in [6.45, 7) is -0.475. The van der Waals surface area contributed by atoms with Crippen LogP contribution in [0.5, 0.6) is 0 Å². The van der Waals surface area contributed by atoms with E-state index in [0.29, 0.717) is 12.1 Å². The van der Waals surface area contributed by atoms with Crippen molar-refractivity contribution in [1.82, 2.24) is 25.2 Å². The van der Waals surface area contributed by atoms with Gasteiger partial charge in [-0.05, 0) is 28.1 Å². The van der Waals surface area contributed by atoms with Crippen LogP contribution in [0.15, 0.2) is 55.0 Å². The number of anilines is 1. The Hall–Kier alpha value is -3.33. The molecule has 0 fully saturated rings. The van der Waals surface area contributed by atoms with Crippen LogP contribution in [0.1, 0.15) is 11.6 Å². The van der Waals surface area contributed by atoms with Gasteiger partial charge in [0.15, 0.2) is 17.8 Å². The van der Waals surface area contributed by atoms with Crippen LogP contribution >= 0.6 is 11.6 Å². The van der Waals surface area contributed by atoms with E-state index >= 15 is 0 Å². The minimum atomic E-state index is -0.794. The zero-order valence-corrected chi connectivity index (χ0v) is 14.8. The molecule has 1 N–H and O–H groups in total. The second kappa shape index (κ2) is 8.86. The number of nitrogens with one attached hydrogen (secondary N) is 1. The summed E-state index contributed by atoms with van der Waals surface area (Å²) in [7, 11) is 0. The Morgan fingerprint density at radius 1 is 1.19 bits per heavy atom. The fraction of sp³-hybridized carbons (Fsp3) is 0.176. The Balaban J connectivity index is 1.62. The number of aromatic nitrogens is 5. The summed E-state index contributed by atoms with van der Waals surface area (Å²) in [4.78, 5) is 28.4. The van der Waals surface area contributed by atoms with Gasteiger partial charge in [-0.1, -0.05) is 41.9 Å². The molecule has 1 amide bonds. The number of pyridine rings is 1. The average Bonchev–Trinajstić information content (AvgIpc) is 3.21. The molecule has 10 heteroatoms.